The van der Waals surface area contributed by atoms with Crippen LogP contribution in [0.15, 0.2) is 24.5 Å². The van der Waals surface area contributed by atoms with Gasteiger partial charge in [0.1, 0.15) is 5.65 Å². The third-order valence-corrected chi connectivity index (χ3v) is 3.15. The maximum atomic E-state index is 8.62. The van der Waals surface area contributed by atoms with Crippen molar-refractivity contribution in [2.75, 3.05) is 6.54 Å². The van der Waals surface area contributed by atoms with E-state index in [1.165, 1.54) is 10.9 Å². The van der Waals surface area contributed by atoms with Crippen LogP contribution >= 0.6 is 0 Å². The van der Waals surface area contributed by atoms with Crippen molar-refractivity contribution in [1.29, 1.82) is 5.26 Å². The van der Waals surface area contributed by atoms with Crippen LogP contribution in [0.2, 0.25) is 0 Å². The summed E-state index contributed by atoms with van der Waals surface area (Å²) in [5.74, 6) is 0. The molecule has 0 bridgehead atoms. The summed E-state index contributed by atoms with van der Waals surface area (Å²) in [7, 11) is 0. The van der Waals surface area contributed by atoms with Crippen LogP contribution in [0.3, 0.4) is 0 Å². The summed E-state index contributed by atoms with van der Waals surface area (Å²) in [4.78, 5) is 4.46. The quantitative estimate of drug-likeness (QED) is 0.775. The van der Waals surface area contributed by atoms with E-state index in [2.05, 4.69) is 40.1 Å². The molecule has 0 aliphatic carbocycles. The van der Waals surface area contributed by atoms with Gasteiger partial charge in [0, 0.05) is 37.3 Å². The Morgan fingerprint density at radius 3 is 3.16 bits per heavy atom. The molecule has 0 atom stereocenters. The van der Waals surface area contributed by atoms with Crippen molar-refractivity contribution >= 4 is 11.0 Å². The second-order valence-corrected chi connectivity index (χ2v) is 4.66. The van der Waals surface area contributed by atoms with Crippen molar-refractivity contribution in [1.82, 2.24) is 14.9 Å². The van der Waals surface area contributed by atoms with Gasteiger partial charge >= 0.3 is 0 Å². The van der Waals surface area contributed by atoms with Crippen molar-refractivity contribution in [3.8, 4) is 6.07 Å². The van der Waals surface area contributed by atoms with Crippen LogP contribution in [0.4, 0.5) is 0 Å². The Morgan fingerprint density at radius 1 is 1.47 bits per heavy atom. The molecule has 0 amide bonds. The highest BCUT2D eigenvalue weighted by Crippen LogP contribution is 2.19. The summed E-state index contributed by atoms with van der Waals surface area (Å²) in [6, 6.07) is 6.28. The van der Waals surface area contributed by atoms with E-state index in [1.54, 1.807) is 0 Å². The van der Waals surface area contributed by atoms with Crippen LogP contribution in [-0.4, -0.2) is 16.1 Å². The second kappa shape index (κ2) is 6.91. The first-order valence-electron chi connectivity index (χ1n) is 6.87. The van der Waals surface area contributed by atoms with Gasteiger partial charge in [0.05, 0.1) is 6.07 Å². The summed E-state index contributed by atoms with van der Waals surface area (Å²) in [5.41, 5.74) is 2.31. The molecule has 0 spiro atoms. The van der Waals surface area contributed by atoms with Crippen molar-refractivity contribution in [2.45, 2.75) is 39.3 Å². The Labute approximate surface area is 114 Å². The summed E-state index contributed by atoms with van der Waals surface area (Å²) in [6.07, 6.45) is 6.59. The molecule has 0 radical (unpaired) electrons. The SMILES string of the molecule is CCCNCc1cn(CCCC#N)c2ncccc12. The number of unbranched alkanes of at least 4 members (excludes halogenated alkanes) is 1. The first kappa shape index (κ1) is 13.6. The molecule has 0 saturated heterocycles. The standard InChI is InChI=1S/C15H20N4/c1-2-8-17-11-13-12-19(10-4-3-7-16)15-14(13)6-5-9-18-15/h5-6,9,12,17H,2-4,8,10-11H2,1H3. The minimum absolute atomic E-state index is 0.593. The predicted molar refractivity (Wildman–Crippen MR) is 76.6 cm³/mol. The molecule has 0 aromatic carbocycles. The zero-order chi connectivity index (χ0) is 13.5. The molecule has 2 aromatic heterocycles. The molecule has 1 N–H and O–H groups in total. The highest BCUT2D eigenvalue weighted by atomic mass is 15.0. The zero-order valence-corrected chi connectivity index (χ0v) is 11.4. The maximum absolute atomic E-state index is 8.62. The number of nitriles is 1. The van der Waals surface area contributed by atoms with Gasteiger partial charge in [-0.05, 0) is 37.1 Å². The van der Waals surface area contributed by atoms with Crippen molar-refractivity contribution in [3.05, 3.63) is 30.1 Å². The topological polar surface area (TPSA) is 53.6 Å². The van der Waals surface area contributed by atoms with E-state index in [4.69, 9.17) is 5.26 Å². The van der Waals surface area contributed by atoms with Gasteiger partial charge in [-0.1, -0.05) is 6.92 Å². The molecule has 4 heteroatoms. The summed E-state index contributed by atoms with van der Waals surface area (Å²) in [6.45, 7) is 4.93. The minimum atomic E-state index is 0.593. The van der Waals surface area contributed by atoms with Crippen LogP contribution < -0.4 is 5.32 Å². The molecular formula is C15H20N4. The highest BCUT2D eigenvalue weighted by molar-refractivity contribution is 5.80. The Balaban J connectivity index is 2.19. The van der Waals surface area contributed by atoms with E-state index in [0.717, 1.165) is 38.1 Å². The van der Waals surface area contributed by atoms with Gasteiger partial charge in [-0.25, -0.2) is 4.98 Å². The normalized spacial score (nSPS) is 10.7. The summed E-state index contributed by atoms with van der Waals surface area (Å²) >= 11 is 0. The number of hydrogen-bond donors (Lipinski definition) is 1. The van der Waals surface area contributed by atoms with Crippen molar-refractivity contribution in [3.63, 3.8) is 0 Å². The van der Waals surface area contributed by atoms with E-state index in [0.29, 0.717) is 6.42 Å². The maximum Gasteiger partial charge on any atom is 0.140 e. The predicted octanol–water partition coefficient (Wildman–Crippen LogP) is 2.84. The lowest BCUT2D eigenvalue weighted by molar-refractivity contribution is 0.654. The summed E-state index contributed by atoms with van der Waals surface area (Å²) in [5, 5.41) is 13.3. The highest BCUT2D eigenvalue weighted by Gasteiger charge is 2.08. The smallest absolute Gasteiger partial charge is 0.140 e. The van der Waals surface area contributed by atoms with Gasteiger partial charge in [-0.15, -0.1) is 0 Å². The van der Waals surface area contributed by atoms with Crippen LogP contribution in [0, 0.1) is 11.3 Å². The van der Waals surface area contributed by atoms with Gasteiger partial charge in [-0.3, -0.25) is 0 Å². The Kier molecular flexibility index (Phi) is 4.93. The molecule has 0 aliphatic heterocycles. The average Bonchev–Trinajstić information content (AvgIpc) is 2.79. The molecule has 0 aliphatic rings. The number of nitrogens with zero attached hydrogens (tertiary/aromatic N) is 3. The molecule has 0 saturated carbocycles. The number of aromatic nitrogens is 2. The monoisotopic (exact) mass is 256 g/mol. The van der Waals surface area contributed by atoms with Crippen LogP contribution in [0.5, 0.6) is 0 Å². The van der Waals surface area contributed by atoms with E-state index >= 15 is 0 Å². The number of aryl methyl sites for hydroxylation is 1. The van der Waals surface area contributed by atoms with Crippen LogP contribution in [0.1, 0.15) is 31.7 Å². The Bertz CT molecular complexity index is 565. The number of rotatable bonds is 7. The minimum Gasteiger partial charge on any atom is -0.332 e. The zero-order valence-electron chi connectivity index (χ0n) is 11.4. The summed E-state index contributed by atoms with van der Waals surface area (Å²) < 4.78 is 2.16. The molecule has 0 unspecified atom stereocenters. The van der Waals surface area contributed by atoms with Crippen molar-refractivity contribution in [2.24, 2.45) is 0 Å². The fourth-order valence-electron chi connectivity index (χ4n) is 2.23. The van der Waals surface area contributed by atoms with Crippen LogP contribution in [0.25, 0.3) is 11.0 Å². The third-order valence-electron chi connectivity index (χ3n) is 3.15. The molecule has 100 valence electrons. The first-order valence-corrected chi connectivity index (χ1v) is 6.87. The lowest BCUT2D eigenvalue weighted by atomic mass is 10.2. The van der Waals surface area contributed by atoms with Gasteiger partial charge < -0.3 is 9.88 Å². The van der Waals surface area contributed by atoms with Gasteiger partial charge in [0.25, 0.3) is 0 Å². The van der Waals surface area contributed by atoms with Gasteiger partial charge in [0.15, 0.2) is 0 Å². The number of pyridine rings is 1. The van der Waals surface area contributed by atoms with E-state index in [1.807, 2.05) is 12.3 Å². The molecule has 2 heterocycles. The molecule has 19 heavy (non-hydrogen) atoms. The Hall–Kier alpha value is -1.86. The van der Waals surface area contributed by atoms with Gasteiger partial charge in [0.2, 0.25) is 0 Å². The molecule has 0 fully saturated rings. The average molecular weight is 256 g/mol. The Morgan fingerprint density at radius 2 is 2.37 bits per heavy atom. The number of nitrogens with one attached hydrogen (secondary N) is 1. The first-order chi connectivity index (χ1) is 9.36. The molecule has 4 nitrogen and oxygen atoms in total. The van der Waals surface area contributed by atoms with E-state index < -0.39 is 0 Å². The van der Waals surface area contributed by atoms with E-state index in [-0.39, 0.29) is 0 Å². The lowest BCUT2D eigenvalue weighted by Gasteiger charge is -2.01. The molecule has 2 rings (SSSR count). The van der Waals surface area contributed by atoms with E-state index in [9.17, 15) is 0 Å². The second-order valence-electron chi connectivity index (χ2n) is 4.66. The lowest BCUT2D eigenvalue weighted by Crippen LogP contribution is -2.13. The third kappa shape index (κ3) is 3.33. The van der Waals surface area contributed by atoms with Crippen molar-refractivity contribution < 1.29 is 0 Å². The molecule has 2 aromatic rings. The number of fused-ring (bicyclic) bond motifs is 1. The van der Waals surface area contributed by atoms with Gasteiger partial charge in [-0.2, -0.15) is 5.26 Å². The number of hydrogen-bond acceptors (Lipinski definition) is 3. The fraction of sp³-hybridized carbons (Fsp3) is 0.467. The largest absolute Gasteiger partial charge is 0.332 e. The fourth-order valence-corrected chi connectivity index (χ4v) is 2.23. The van der Waals surface area contributed by atoms with Crippen LogP contribution in [-0.2, 0) is 13.1 Å². The molecular weight excluding hydrogens is 236 g/mol.